The number of pyridine rings is 1. The van der Waals surface area contributed by atoms with Crippen molar-refractivity contribution in [1.82, 2.24) is 4.40 Å². The lowest BCUT2D eigenvalue weighted by atomic mass is 9.74. The lowest BCUT2D eigenvalue weighted by Crippen LogP contribution is -2.39. The van der Waals surface area contributed by atoms with Crippen molar-refractivity contribution in [3.63, 3.8) is 0 Å². The molecule has 0 amide bonds. The lowest BCUT2D eigenvalue weighted by molar-refractivity contribution is 0.421. The Hall–Kier alpha value is -4.17. The van der Waals surface area contributed by atoms with Crippen molar-refractivity contribution in [3.8, 4) is 11.1 Å². The number of fused-ring (bicyclic) bond motifs is 8. The minimum absolute atomic E-state index is 0.00915. The minimum atomic E-state index is 0.00915. The van der Waals surface area contributed by atoms with E-state index < -0.39 is 0 Å². The van der Waals surface area contributed by atoms with Gasteiger partial charge in [-0.15, -0.1) is 0 Å². The number of para-hydroxylation sites is 1. The van der Waals surface area contributed by atoms with E-state index in [4.69, 9.17) is 0 Å². The van der Waals surface area contributed by atoms with E-state index in [9.17, 15) is 4.79 Å². The van der Waals surface area contributed by atoms with E-state index in [1.165, 1.54) is 21.7 Å². The van der Waals surface area contributed by atoms with E-state index in [1.807, 2.05) is 16.5 Å². The maximum Gasteiger partial charge on any atom is 0.263 e. The number of benzene rings is 4. The lowest BCUT2D eigenvalue weighted by Gasteiger charge is -2.29. The SMILES string of the molecule is CC1(C)c2ccccc2C2C=c3c(n4c(=O)c5ccc(-c6ccccc6)cc5c5cccc3c54)=CC21. The Bertz CT molecular complexity index is 2050. The van der Waals surface area contributed by atoms with Gasteiger partial charge in [0, 0.05) is 27.3 Å². The van der Waals surface area contributed by atoms with Crippen LogP contribution in [0.5, 0.6) is 0 Å². The van der Waals surface area contributed by atoms with E-state index in [2.05, 4.69) is 105 Å². The monoisotopic (exact) mass is 463 g/mol. The highest BCUT2D eigenvalue weighted by atomic mass is 16.1. The van der Waals surface area contributed by atoms with Crippen LogP contribution in [0.2, 0.25) is 0 Å². The highest BCUT2D eigenvalue weighted by Gasteiger charge is 2.45. The summed E-state index contributed by atoms with van der Waals surface area (Å²) >= 11 is 0. The van der Waals surface area contributed by atoms with Crippen molar-refractivity contribution in [1.29, 1.82) is 0 Å². The molecule has 0 saturated heterocycles. The van der Waals surface area contributed by atoms with Gasteiger partial charge in [0.25, 0.3) is 5.56 Å². The molecule has 0 fully saturated rings. The first-order valence-corrected chi connectivity index (χ1v) is 12.7. The second kappa shape index (κ2) is 6.73. The first-order chi connectivity index (χ1) is 17.5. The van der Waals surface area contributed by atoms with E-state index in [0.717, 1.165) is 38.2 Å². The van der Waals surface area contributed by atoms with Crippen LogP contribution in [0.1, 0.15) is 30.9 Å². The van der Waals surface area contributed by atoms with Gasteiger partial charge in [0.05, 0.1) is 10.9 Å². The second-order valence-electron chi connectivity index (χ2n) is 11.0. The van der Waals surface area contributed by atoms with Crippen LogP contribution in [-0.2, 0) is 5.41 Å². The van der Waals surface area contributed by atoms with Crippen LogP contribution < -0.4 is 16.1 Å². The Kier molecular flexibility index (Phi) is 3.75. The Morgan fingerprint density at radius 1 is 0.694 bits per heavy atom. The molecule has 36 heavy (non-hydrogen) atoms. The van der Waals surface area contributed by atoms with Gasteiger partial charge in [-0.1, -0.05) is 105 Å². The largest absolute Gasteiger partial charge is 0.275 e. The molecule has 8 rings (SSSR count). The van der Waals surface area contributed by atoms with Gasteiger partial charge in [0.2, 0.25) is 0 Å². The van der Waals surface area contributed by atoms with Crippen molar-refractivity contribution in [2.75, 3.05) is 0 Å². The molecule has 0 N–H and O–H groups in total. The number of rotatable bonds is 1. The molecular formula is C34H25NO. The van der Waals surface area contributed by atoms with Crippen molar-refractivity contribution < 1.29 is 0 Å². The molecular weight excluding hydrogens is 438 g/mol. The highest BCUT2D eigenvalue weighted by Crippen LogP contribution is 2.52. The number of aromatic nitrogens is 1. The Morgan fingerprint density at radius 2 is 1.47 bits per heavy atom. The van der Waals surface area contributed by atoms with Gasteiger partial charge in [-0.3, -0.25) is 9.20 Å². The van der Waals surface area contributed by atoms with Gasteiger partial charge in [-0.2, -0.15) is 0 Å². The van der Waals surface area contributed by atoms with Gasteiger partial charge in [0.1, 0.15) is 0 Å². The quantitative estimate of drug-likeness (QED) is 0.275. The van der Waals surface area contributed by atoms with Gasteiger partial charge in [0.15, 0.2) is 0 Å². The van der Waals surface area contributed by atoms with E-state index in [0.29, 0.717) is 11.8 Å². The molecule has 2 heterocycles. The Morgan fingerprint density at radius 3 is 2.33 bits per heavy atom. The molecule has 172 valence electrons. The molecule has 4 aromatic carbocycles. The van der Waals surface area contributed by atoms with Crippen molar-refractivity contribution >= 4 is 39.2 Å². The molecule has 0 saturated carbocycles. The fraction of sp³-hybridized carbons (Fsp3) is 0.147. The van der Waals surface area contributed by atoms with Crippen molar-refractivity contribution in [2.45, 2.75) is 25.2 Å². The molecule has 2 unspecified atom stereocenters. The maximum absolute atomic E-state index is 14.1. The molecule has 0 radical (unpaired) electrons. The van der Waals surface area contributed by atoms with E-state index in [-0.39, 0.29) is 11.0 Å². The highest BCUT2D eigenvalue weighted by molar-refractivity contribution is 6.12. The minimum Gasteiger partial charge on any atom is -0.275 e. The molecule has 2 heteroatoms. The van der Waals surface area contributed by atoms with Crippen LogP contribution in [0, 0.1) is 5.92 Å². The summed E-state index contributed by atoms with van der Waals surface area (Å²) in [5.74, 6) is 0.649. The van der Waals surface area contributed by atoms with Gasteiger partial charge in [-0.05, 0) is 51.1 Å². The van der Waals surface area contributed by atoms with Crippen LogP contribution in [-0.4, -0.2) is 4.40 Å². The number of hydrogen-bond acceptors (Lipinski definition) is 1. The first kappa shape index (κ1) is 20.1. The summed E-state index contributed by atoms with van der Waals surface area (Å²) in [5.41, 5.74) is 6.27. The van der Waals surface area contributed by atoms with Gasteiger partial charge in [-0.25, -0.2) is 0 Å². The van der Waals surface area contributed by atoms with Gasteiger partial charge >= 0.3 is 0 Å². The zero-order valence-corrected chi connectivity index (χ0v) is 20.3. The summed E-state index contributed by atoms with van der Waals surface area (Å²) in [6, 6.07) is 32.0. The molecule has 2 aromatic heterocycles. The van der Waals surface area contributed by atoms with Crippen LogP contribution in [0.15, 0.2) is 95.8 Å². The molecule has 2 aliphatic carbocycles. The maximum atomic E-state index is 14.1. The summed E-state index contributed by atoms with van der Waals surface area (Å²) in [5, 5.41) is 6.37. The summed E-state index contributed by atoms with van der Waals surface area (Å²) in [6.45, 7) is 4.69. The van der Waals surface area contributed by atoms with Crippen LogP contribution in [0.4, 0.5) is 0 Å². The zero-order chi connectivity index (χ0) is 24.2. The molecule has 2 aliphatic rings. The predicted molar refractivity (Wildman–Crippen MR) is 149 cm³/mol. The normalized spacial score (nSPS) is 19.6. The van der Waals surface area contributed by atoms with Crippen molar-refractivity contribution in [2.24, 2.45) is 5.92 Å². The topological polar surface area (TPSA) is 21.5 Å². The third-order valence-electron chi connectivity index (χ3n) is 8.83. The number of nitrogens with zero attached hydrogens (tertiary/aromatic N) is 1. The third-order valence-corrected chi connectivity index (χ3v) is 8.83. The molecule has 2 nitrogen and oxygen atoms in total. The second-order valence-corrected chi connectivity index (χ2v) is 11.0. The van der Waals surface area contributed by atoms with E-state index in [1.54, 1.807) is 0 Å². The summed E-state index contributed by atoms with van der Waals surface area (Å²) in [4.78, 5) is 14.1. The smallest absolute Gasteiger partial charge is 0.263 e. The predicted octanol–water partition coefficient (Wildman–Crippen LogP) is 5.98. The van der Waals surface area contributed by atoms with Crippen LogP contribution >= 0.6 is 0 Å². The van der Waals surface area contributed by atoms with E-state index >= 15 is 0 Å². The summed E-state index contributed by atoms with van der Waals surface area (Å²) < 4.78 is 2.00. The molecule has 2 atom stereocenters. The average Bonchev–Trinajstić information content (AvgIpc) is 3.36. The molecule has 6 aromatic rings. The van der Waals surface area contributed by atoms with Crippen LogP contribution in [0.25, 0.3) is 50.3 Å². The molecule has 0 aliphatic heterocycles. The molecule has 0 spiro atoms. The van der Waals surface area contributed by atoms with Crippen molar-refractivity contribution in [3.05, 3.63) is 123 Å². The standard InChI is InChI=1S/C34H25NO/c1-34(2)29-14-7-6-11-22(29)27-18-28-24-13-8-12-23-26-17-21(20-9-4-3-5-10-20)15-16-25(26)33(36)35(32(23)24)31(28)19-30(27)34/h3-19,27,30H,1-2H3. The Balaban J connectivity index is 1.51. The number of hydrogen-bond donors (Lipinski definition) is 0. The Labute approximate surface area is 208 Å². The fourth-order valence-electron chi connectivity index (χ4n) is 7.08. The fourth-order valence-corrected chi connectivity index (χ4v) is 7.08. The summed E-state index contributed by atoms with van der Waals surface area (Å²) in [7, 11) is 0. The summed E-state index contributed by atoms with van der Waals surface area (Å²) in [6.07, 6.45) is 4.83. The zero-order valence-electron chi connectivity index (χ0n) is 20.3. The van der Waals surface area contributed by atoms with Gasteiger partial charge < -0.3 is 0 Å². The average molecular weight is 464 g/mol. The van der Waals surface area contributed by atoms with Crippen LogP contribution in [0.3, 0.4) is 0 Å². The third kappa shape index (κ3) is 2.39. The first-order valence-electron chi connectivity index (χ1n) is 12.7. The molecule has 0 bridgehead atoms.